The van der Waals surface area contributed by atoms with Gasteiger partial charge < -0.3 is 19.7 Å². The van der Waals surface area contributed by atoms with E-state index in [9.17, 15) is 4.79 Å². The van der Waals surface area contributed by atoms with Crippen LogP contribution in [0.2, 0.25) is 0 Å². The number of rotatable bonds is 1. The lowest BCUT2D eigenvalue weighted by atomic mass is 10.2. The molecule has 82 valence electrons. The third-order valence-electron chi connectivity index (χ3n) is 2.64. The molecule has 2 heterocycles. The molecule has 1 atom stereocenters. The summed E-state index contributed by atoms with van der Waals surface area (Å²) in [5.74, 6) is 0.600. The quantitative estimate of drug-likeness (QED) is 0.706. The van der Waals surface area contributed by atoms with Crippen molar-refractivity contribution in [3.05, 3.63) is 17.7 Å². The summed E-state index contributed by atoms with van der Waals surface area (Å²) in [4.78, 5) is 16.2. The minimum absolute atomic E-state index is 0.0227. The first-order valence-corrected chi connectivity index (χ1v) is 4.77. The second-order valence-corrected chi connectivity index (χ2v) is 3.71. The van der Waals surface area contributed by atoms with E-state index >= 15 is 0 Å². The number of amides is 1. The monoisotopic (exact) mass is 211 g/mol. The molecule has 0 bridgehead atoms. The predicted molar refractivity (Wildman–Crippen MR) is 51.3 cm³/mol. The van der Waals surface area contributed by atoms with Crippen LogP contribution in [-0.4, -0.2) is 37.3 Å². The summed E-state index contributed by atoms with van der Waals surface area (Å²) in [6.45, 7) is 2.58. The molecule has 1 aromatic heterocycles. The number of fused-ring (bicyclic) bond motifs is 1. The molecule has 0 unspecified atom stereocenters. The van der Waals surface area contributed by atoms with Gasteiger partial charge in [0, 0.05) is 6.54 Å². The van der Waals surface area contributed by atoms with Crippen molar-refractivity contribution in [3.63, 3.8) is 0 Å². The zero-order chi connectivity index (χ0) is 11.0. The Hall–Kier alpha value is -1.56. The molecule has 15 heavy (non-hydrogen) atoms. The second kappa shape index (κ2) is 3.54. The third kappa shape index (κ3) is 1.56. The van der Waals surface area contributed by atoms with Crippen molar-refractivity contribution in [1.29, 1.82) is 0 Å². The maximum absolute atomic E-state index is 10.8. The number of carboxylic acid groups (broad SMARTS) is 1. The lowest BCUT2D eigenvalue weighted by Gasteiger charge is -2.31. The van der Waals surface area contributed by atoms with E-state index in [-0.39, 0.29) is 12.6 Å². The maximum Gasteiger partial charge on any atom is 0.407 e. The molecule has 0 saturated carbocycles. The van der Waals surface area contributed by atoms with E-state index in [0.717, 1.165) is 5.69 Å². The van der Waals surface area contributed by atoms with Gasteiger partial charge in [0.05, 0.1) is 24.5 Å². The number of nitrogens with zero attached hydrogens (tertiary/aromatic N) is 3. The molecule has 2 N–H and O–H groups in total. The van der Waals surface area contributed by atoms with Crippen molar-refractivity contribution >= 4 is 6.09 Å². The highest BCUT2D eigenvalue weighted by Gasteiger charge is 2.27. The number of aromatic nitrogens is 2. The minimum Gasteiger partial charge on any atom is -0.465 e. The molecule has 0 aliphatic carbocycles. The smallest absolute Gasteiger partial charge is 0.407 e. The van der Waals surface area contributed by atoms with Crippen LogP contribution in [0.5, 0.6) is 0 Å². The lowest BCUT2D eigenvalue weighted by Crippen LogP contribution is -2.39. The van der Waals surface area contributed by atoms with Gasteiger partial charge in [-0.1, -0.05) is 0 Å². The molecule has 1 amide bonds. The highest BCUT2D eigenvalue weighted by atomic mass is 16.4. The fraction of sp³-hybridized carbons (Fsp3) is 0.556. The van der Waals surface area contributed by atoms with Crippen LogP contribution < -0.4 is 0 Å². The van der Waals surface area contributed by atoms with Crippen molar-refractivity contribution in [1.82, 2.24) is 14.5 Å². The van der Waals surface area contributed by atoms with Crippen LogP contribution in [0, 0.1) is 0 Å². The molecule has 0 fully saturated rings. The van der Waals surface area contributed by atoms with E-state index in [1.54, 1.807) is 6.20 Å². The van der Waals surface area contributed by atoms with Gasteiger partial charge in [-0.05, 0) is 6.92 Å². The van der Waals surface area contributed by atoms with E-state index < -0.39 is 6.09 Å². The Morgan fingerprint density at radius 1 is 1.73 bits per heavy atom. The summed E-state index contributed by atoms with van der Waals surface area (Å²) in [6.07, 6.45) is 0.705. The van der Waals surface area contributed by atoms with Gasteiger partial charge in [-0.25, -0.2) is 9.78 Å². The Kier molecular flexibility index (Phi) is 2.36. The van der Waals surface area contributed by atoms with Crippen molar-refractivity contribution in [2.45, 2.75) is 26.1 Å². The largest absolute Gasteiger partial charge is 0.465 e. The van der Waals surface area contributed by atoms with Crippen molar-refractivity contribution in [3.8, 4) is 0 Å². The molecule has 6 nitrogen and oxygen atoms in total. The minimum atomic E-state index is -0.917. The van der Waals surface area contributed by atoms with Gasteiger partial charge >= 0.3 is 6.09 Å². The number of aliphatic hydroxyl groups excluding tert-OH is 1. The fourth-order valence-corrected chi connectivity index (χ4v) is 2.02. The number of aliphatic hydroxyl groups is 1. The summed E-state index contributed by atoms with van der Waals surface area (Å²) >= 11 is 0. The van der Waals surface area contributed by atoms with E-state index in [1.807, 2.05) is 11.5 Å². The van der Waals surface area contributed by atoms with Crippen molar-refractivity contribution < 1.29 is 15.0 Å². The Bertz CT molecular complexity index is 388. The summed E-state index contributed by atoms with van der Waals surface area (Å²) in [5.41, 5.74) is 0.834. The first kappa shape index (κ1) is 9.97. The first-order chi connectivity index (χ1) is 7.13. The van der Waals surface area contributed by atoms with E-state index in [2.05, 4.69) is 4.98 Å². The zero-order valence-electron chi connectivity index (χ0n) is 8.42. The summed E-state index contributed by atoms with van der Waals surface area (Å²) in [6, 6.07) is 0.0227. The van der Waals surface area contributed by atoms with E-state index in [4.69, 9.17) is 10.2 Å². The summed E-state index contributed by atoms with van der Waals surface area (Å²) in [5, 5.41) is 18.0. The van der Waals surface area contributed by atoms with Crippen molar-refractivity contribution in [2.75, 3.05) is 6.54 Å². The molecule has 0 saturated heterocycles. The molecule has 2 rings (SSSR count). The Labute approximate surface area is 86.8 Å². The van der Waals surface area contributed by atoms with Crippen LogP contribution in [0.3, 0.4) is 0 Å². The van der Waals surface area contributed by atoms with Gasteiger partial charge in [0.2, 0.25) is 0 Å². The first-order valence-electron chi connectivity index (χ1n) is 4.77. The van der Waals surface area contributed by atoms with Crippen LogP contribution >= 0.6 is 0 Å². The predicted octanol–water partition coefficient (Wildman–Crippen LogP) is 0.430. The fourth-order valence-electron chi connectivity index (χ4n) is 2.02. The van der Waals surface area contributed by atoms with Gasteiger partial charge in [-0.2, -0.15) is 0 Å². The third-order valence-corrected chi connectivity index (χ3v) is 2.64. The molecule has 0 spiro atoms. The molecular weight excluding hydrogens is 198 g/mol. The number of imidazole rings is 1. The Balaban J connectivity index is 2.33. The highest BCUT2D eigenvalue weighted by Crippen LogP contribution is 2.22. The average molecular weight is 211 g/mol. The molecule has 0 aromatic carbocycles. The SMILES string of the molecule is C[C@H]1CN(C(=O)O)Cc2cnc(CO)n21. The molecule has 1 aliphatic heterocycles. The van der Waals surface area contributed by atoms with Gasteiger partial charge in [0.25, 0.3) is 0 Å². The van der Waals surface area contributed by atoms with E-state index in [1.165, 1.54) is 4.90 Å². The van der Waals surface area contributed by atoms with Crippen LogP contribution in [0.25, 0.3) is 0 Å². The number of carbonyl (C=O) groups is 1. The maximum atomic E-state index is 10.8. The topological polar surface area (TPSA) is 78.6 Å². The molecule has 0 radical (unpaired) electrons. The number of hydrogen-bond donors (Lipinski definition) is 2. The van der Waals surface area contributed by atoms with Crippen molar-refractivity contribution in [2.24, 2.45) is 0 Å². The van der Waals surface area contributed by atoms with Gasteiger partial charge in [0.1, 0.15) is 12.4 Å². The Morgan fingerprint density at radius 3 is 3.07 bits per heavy atom. The standard InChI is InChI=1S/C9H13N3O3/c1-6-3-11(9(14)15)4-7-2-10-8(5-13)12(6)7/h2,6,13H,3-5H2,1H3,(H,14,15)/t6-/m0/s1. The molecule has 1 aromatic rings. The highest BCUT2D eigenvalue weighted by molar-refractivity contribution is 5.65. The summed E-state index contributed by atoms with van der Waals surface area (Å²) in [7, 11) is 0. The lowest BCUT2D eigenvalue weighted by molar-refractivity contribution is 0.123. The molecular formula is C9H13N3O3. The molecule has 1 aliphatic rings. The number of hydrogen-bond acceptors (Lipinski definition) is 3. The van der Waals surface area contributed by atoms with Crippen LogP contribution in [0.15, 0.2) is 6.20 Å². The zero-order valence-corrected chi connectivity index (χ0v) is 8.42. The van der Waals surface area contributed by atoms with Gasteiger partial charge in [-0.3, -0.25) is 0 Å². The normalized spacial score (nSPS) is 20.1. The van der Waals surface area contributed by atoms with Crippen LogP contribution in [0.4, 0.5) is 4.79 Å². The molecule has 6 heteroatoms. The van der Waals surface area contributed by atoms with E-state index in [0.29, 0.717) is 18.9 Å². The van der Waals surface area contributed by atoms with Crippen LogP contribution in [-0.2, 0) is 13.2 Å². The average Bonchev–Trinajstić information content (AvgIpc) is 2.60. The van der Waals surface area contributed by atoms with Gasteiger partial charge in [0.15, 0.2) is 0 Å². The second-order valence-electron chi connectivity index (χ2n) is 3.71. The summed E-state index contributed by atoms with van der Waals surface area (Å²) < 4.78 is 1.90. The Morgan fingerprint density at radius 2 is 2.47 bits per heavy atom. The van der Waals surface area contributed by atoms with Gasteiger partial charge in [-0.15, -0.1) is 0 Å². The van der Waals surface area contributed by atoms with Crippen LogP contribution in [0.1, 0.15) is 24.5 Å².